The first-order valence-electron chi connectivity index (χ1n) is 8.66. The fraction of sp³-hybridized carbons (Fsp3) is 0.938. The highest BCUT2D eigenvalue weighted by atomic mass is 32.3. The summed E-state index contributed by atoms with van der Waals surface area (Å²) in [6.07, 6.45) is 10.9. The average molecular weight is 352 g/mol. The minimum atomic E-state index is -4.52. The molecule has 1 atom stereocenters. The monoisotopic (exact) mass is 352 g/mol. The van der Waals surface area contributed by atoms with Crippen molar-refractivity contribution in [2.24, 2.45) is 0 Å². The number of esters is 1. The number of carbonyl (C=O) groups is 1. The van der Waals surface area contributed by atoms with Crippen molar-refractivity contribution in [2.45, 2.75) is 90.6 Å². The standard InChI is InChI=1S/C16H32O6S/c1-3-4-5-6-7-8-9-10-11-12-13-21-16(17)14-15(2)22-23(18,19)20/h15H,3-14H2,1-2H3,(H,18,19,20). The average Bonchev–Trinajstić information content (AvgIpc) is 2.42. The molecule has 0 saturated heterocycles. The van der Waals surface area contributed by atoms with Gasteiger partial charge in [0.2, 0.25) is 0 Å². The summed E-state index contributed by atoms with van der Waals surface area (Å²) in [5.74, 6) is -0.517. The lowest BCUT2D eigenvalue weighted by molar-refractivity contribution is -0.145. The first-order valence-corrected chi connectivity index (χ1v) is 10.0. The van der Waals surface area contributed by atoms with Crippen LogP contribution in [0.1, 0.15) is 84.5 Å². The quantitative estimate of drug-likeness (QED) is 0.272. The van der Waals surface area contributed by atoms with Gasteiger partial charge in [-0.15, -0.1) is 0 Å². The predicted octanol–water partition coefficient (Wildman–Crippen LogP) is 4.05. The van der Waals surface area contributed by atoms with Gasteiger partial charge in [-0.3, -0.25) is 9.35 Å². The zero-order valence-corrected chi connectivity index (χ0v) is 15.3. The van der Waals surface area contributed by atoms with Gasteiger partial charge >= 0.3 is 16.4 Å². The van der Waals surface area contributed by atoms with E-state index in [-0.39, 0.29) is 6.42 Å². The Kier molecular flexibility index (Phi) is 13.4. The van der Waals surface area contributed by atoms with Crippen molar-refractivity contribution < 1.29 is 26.7 Å². The van der Waals surface area contributed by atoms with E-state index in [1.54, 1.807) is 0 Å². The molecule has 0 spiro atoms. The molecule has 138 valence electrons. The van der Waals surface area contributed by atoms with Crippen molar-refractivity contribution in [1.29, 1.82) is 0 Å². The number of hydrogen-bond acceptors (Lipinski definition) is 5. The molecule has 0 aliphatic carbocycles. The van der Waals surface area contributed by atoms with E-state index in [2.05, 4.69) is 11.1 Å². The molecule has 0 heterocycles. The van der Waals surface area contributed by atoms with Gasteiger partial charge in [-0.2, -0.15) is 8.42 Å². The van der Waals surface area contributed by atoms with Gasteiger partial charge in [0, 0.05) is 0 Å². The fourth-order valence-electron chi connectivity index (χ4n) is 2.31. The molecule has 0 aliphatic rings. The van der Waals surface area contributed by atoms with E-state index in [4.69, 9.17) is 9.29 Å². The lowest BCUT2D eigenvalue weighted by Crippen LogP contribution is -2.20. The molecule has 0 amide bonds. The van der Waals surface area contributed by atoms with E-state index < -0.39 is 22.5 Å². The van der Waals surface area contributed by atoms with Crippen molar-refractivity contribution in [3.63, 3.8) is 0 Å². The molecule has 6 nitrogen and oxygen atoms in total. The van der Waals surface area contributed by atoms with Gasteiger partial charge < -0.3 is 4.74 Å². The largest absolute Gasteiger partial charge is 0.466 e. The molecular weight excluding hydrogens is 320 g/mol. The molecule has 7 heteroatoms. The first-order chi connectivity index (χ1) is 10.8. The second-order valence-electron chi connectivity index (χ2n) is 5.94. The van der Waals surface area contributed by atoms with Crippen LogP contribution in [0, 0.1) is 0 Å². The van der Waals surface area contributed by atoms with Gasteiger partial charge in [0.25, 0.3) is 0 Å². The topological polar surface area (TPSA) is 89.9 Å². The van der Waals surface area contributed by atoms with Gasteiger partial charge in [-0.25, -0.2) is 4.18 Å². The van der Waals surface area contributed by atoms with E-state index in [0.29, 0.717) is 6.61 Å². The van der Waals surface area contributed by atoms with Gasteiger partial charge in [-0.1, -0.05) is 64.7 Å². The van der Waals surface area contributed by atoms with E-state index in [1.165, 1.54) is 51.9 Å². The summed E-state index contributed by atoms with van der Waals surface area (Å²) in [5, 5.41) is 0. The highest BCUT2D eigenvalue weighted by Gasteiger charge is 2.16. The molecule has 0 aliphatic heterocycles. The van der Waals surface area contributed by atoms with Crippen LogP contribution in [0.2, 0.25) is 0 Å². The van der Waals surface area contributed by atoms with E-state index in [1.807, 2.05) is 0 Å². The Morgan fingerprint density at radius 1 is 0.957 bits per heavy atom. The third kappa shape index (κ3) is 17.5. The van der Waals surface area contributed by atoms with Crippen molar-refractivity contribution in [3.05, 3.63) is 0 Å². The number of carbonyl (C=O) groups excluding carboxylic acids is 1. The van der Waals surface area contributed by atoms with Crippen LogP contribution in [0.4, 0.5) is 0 Å². The van der Waals surface area contributed by atoms with Crippen LogP contribution < -0.4 is 0 Å². The molecule has 1 N–H and O–H groups in total. The Morgan fingerprint density at radius 2 is 1.43 bits per heavy atom. The van der Waals surface area contributed by atoms with Gasteiger partial charge in [0.1, 0.15) is 0 Å². The van der Waals surface area contributed by atoms with Crippen molar-refractivity contribution in [2.75, 3.05) is 6.61 Å². The Bertz CT molecular complexity index is 393. The summed E-state index contributed by atoms with van der Waals surface area (Å²) in [6.45, 7) is 3.94. The normalized spacial score (nSPS) is 13.0. The summed E-state index contributed by atoms with van der Waals surface area (Å²) in [5.41, 5.74) is 0. The smallest absolute Gasteiger partial charge is 0.397 e. The fourth-order valence-corrected chi connectivity index (χ4v) is 2.79. The molecule has 1 unspecified atom stereocenters. The van der Waals surface area contributed by atoms with E-state index in [0.717, 1.165) is 19.3 Å². The highest BCUT2D eigenvalue weighted by molar-refractivity contribution is 7.80. The third-order valence-corrected chi connectivity index (χ3v) is 4.07. The van der Waals surface area contributed by atoms with Crippen LogP contribution in [0.15, 0.2) is 0 Å². The zero-order chi connectivity index (χ0) is 17.6. The lowest BCUT2D eigenvalue weighted by atomic mass is 10.1. The number of rotatable bonds is 15. The molecule has 0 radical (unpaired) electrons. The second kappa shape index (κ2) is 13.7. The zero-order valence-electron chi connectivity index (χ0n) is 14.5. The molecule has 0 saturated carbocycles. The van der Waals surface area contributed by atoms with Crippen LogP contribution in [-0.4, -0.2) is 31.7 Å². The predicted molar refractivity (Wildman–Crippen MR) is 89.5 cm³/mol. The first kappa shape index (κ1) is 22.3. The van der Waals surface area contributed by atoms with Crippen LogP contribution in [0.3, 0.4) is 0 Å². The van der Waals surface area contributed by atoms with Gasteiger partial charge in [0.15, 0.2) is 0 Å². The Morgan fingerprint density at radius 3 is 1.91 bits per heavy atom. The molecule has 0 aromatic heterocycles. The highest BCUT2D eigenvalue weighted by Crippen LogP contribution is 2.10. The van der Waals surface area contributed by atoms with Gasteiger partial charge in [0.05, 0.1) is 19.1 Å². The maximum absolute atomic E-state index is 11.4. The molecule has 0 bridgehead atoms. The van der Waals surface area contributed by atoms with Crippen molar-refractivity contribution in [1.82, 2.24) is 0 Å². The van der Waals surface area contributed by atoms with E-state index >= 15 is 0 Å². The maximum atomic E-state index is 11.4. The second-order valence-corrected chi connectivity index (χ2v) is 6.99. The molecule has 0 fully saturated rings. The van der Waals surface area contributed by atoms with E-state index in [9.17, 15) is 13.2 Å². The number of unbranched alkanes of at least 4 members (excludes halogenated alkanes) is 9. The molecule has 0 aromatic carbocycles. The molecule has 0 rings (SSSR count). The summed E-state index contributed by atoms with van der Waals surface area (Å²) >= 11 is 0. The van der Waals surface area contributed by atoms with Gasteiger partial charge in [-0.05, 0) is 13.3 Å². The summed E-state index contributed by atoms with van der Waals surface area (Å²) in [7, 11) is -4.52. The SMILES string of the molecule is CCCCCCCCCCCCOC(=O)CC(C)OS(=O)(=O)O. The Hall–Kier alpha value is -0.660. The van der Waals surface area contributed by atoms with Crippen molar-refractivity contribution in [3.8, 4) is 0 Å². The minimum Gasteiger partial charge on any atom is -0.466 e. The Labute approximate surface area is 140 Å². The van der Waals surface area contributed by atoms with Crippen LogP contribution in [-0.2, 0) is 24.1 Å². The maximum Gasteiger partial charge on any atom is 0.397 e. The Balaban J connectivity index is 3.39. The summed E-state index contributed by atoms with van der Waals surface area (Å²) in [4.78, 5) is 11.4. The molecule has 0 aromatic rings. The lowest BCUT2D eigenvalue weighted by Gasteiger charge is -2.09. The van der Waals surface area contributed by atoms with Crippen LogP contribution in [0.25, 0.3) is 0 Å². The third-order valence-electron chi connectivity index (χ3n) is 3.50. The summed E-state index contributed by atoms with van der Waals surface area (Å²) < 4.78 is 38.6. The number of ether oxygens (including phenoxy) is 1. The van der Waals surface area contributed by atoms with Crippen LogP contribution in [0.5, 0.6) is 0 Å². The van der Waals surface area contributed by atoms with Crippen molar-refractivity contribution >= 4 is 16.4 Å². The number of hydrogen-bond donors (Lipinski definition) is 1. The summed E-state index contributed by atoms with van der Waals surface area (Å²) in [6, 6.07) is 0. The minimum absolute atomic E-state index is 0.197. The van der Waals surface area contributed by atoms with Crippen LogP contribution >= 0.6 is 0 Å². The molecule has 23 heavy (non-hydrogen) atoms. The molecular formula is C16H32O6S.